The largest absolute Gasteiger partial charge is 0.480 e. The third-order valence-electron chi connectivity index (χ3n) is 1.89. The second kappa shape index (κ2) is 7.14. The molecule has 9 heteroatoms. The van der Waals surface area contributed by atoms with Crippen molar-refractivity contribution in [2.24, 2.45) is 0 Å². The summed E-state index contributed by atoms with van der Waals surface area (Å²) >= 11 is 0. The van der Waals surface area contributed by atoms with Crippen LogP contribution in [0.3, 0.4) is 0 Å². The van der Waals surface area contributed by atoms with E-state index in [-0.39, 0.29) is 5.69 Å². The highest BCUT2D eigenvalue weighted by atomic mass is 19.2. The van der Waals surface area contributed by atoms with E-state index in [1.165, 1.54) is 0 Å². The van der Waals surface area contributed by atoms with Crippen molar-refractivity contribution in [3.63, 3.8) is 0 Å². The Morgan fingerprint density at radius 2 is 1.85 bits per heavy atom. The summed E-state index contributed by atoms with van der Waals surface area (Å²) in [5, 5.41) is 12.2. The number of imide groups is 1. The molecule has 0 unspecified atom stereocenters. The van der Waals surface area contributed by atoms with Crippen molar-refractivity contribution in [2.75, 3.05) is 18.5 Å². The molecule has 3 N–H and O–H groups in total. The molecular weight excluding hydrogens is 278 g/mol. The Hall–Kier alpha value is -2.55. The van der Waals surface area contributed by atoms with Crippen LogP contribution in [0.5, 0.6) is 0 Å². The number of ether oxygens (including phenoxy) is 1. The van der Waals surface area contributed by atoms with Crippen LogP contribution < -0.4 is 10.6 Å². The smallest absolute Gasteiger partial charge is 0.329 e. The fourth-order valence-electron chi connectivity index (χ4n) is 1.13. The molecule has 0 aromatic heterocycles. The van der Waals surface area contributed by atoms with Crippen molar-refractivity contribution in [2.45, 2.75) is 0 Å². The molecule has 0 radical (unpaired) electrons. The molecule has 0 aliphatic heterocycles. The monoisotopic (exact) mass is 288 g/mol. The number of carbonyl (C=O) groups is 3. The van der Waals surface area contributed by atoms with Crippen LogP contribution in [0.25, 0.3) is 0 Å². The molecule has 3 amide bonds. The van der Waals surface area contributed by atoms with Crippen LogP contribution in [-0.4, -0.2) is 36.2 Å². The second-order valence-corrected chi connectivity index (χ2v) is 3.52. The van der Waals surface area contributed by atoms with Crippen LogP contribution in [0.4, 0.5) is 19.3 Å². The molecule has 0 heterocycles. The van der Waals surface area contributed by atoms with Crippen LogP contribution in [-0.2, 0) is 14.3 Å². The third kappa shape index (κ3) is 5.40. The van der Waals surface area contributed by atoms with Gasteiger partial charge in [-0.2, -0.15) is 0 Å². The molecule has 0 atom stereocenters. The van der Waals surface area contributed by atoms with Crippen molar-refractivity contribution in [1.29, 1.82) is 0 Å². The Morgan fingerprint density at radius 3 is 2.45 bits per heavy atom. The first-order valence-corrected chi connectivity index (χ1v) is 5.24. The van der Waals surface area contributed by atoms with Gasteiger partial charge in [0.05, 0.1) is 0 Å². The maximum absolute atomic E-state index is 12.8. The van der Waals surface area contributed by atoms with Gasteiger partial charge < -0.3 is 15.2 Å². The number of amides is 3. The van der Waals surface area contributed by atoms with Crippen molar-refractivity contribution in [1.82, 2.24) is 5.32 Å². The summed E-state index contributed by atoms with van der Waals surface area (Å²) in [4.78, 5) is 32.5. The van der Waals surface area contributed by atoms with Crippen LogP contribution in [0.15, 0.2) is 18.2 Å². The Labute approximate surface area is 111 Å². The van der Waals surface area contributed by atoms with Crippen LogP contribution >= 0.6 is 0 Å². The van der Waals surface area contributed by atoms with Gasteiger partial charge in [-0.15, -0.1) is 0 Å². The maximum atomic E-state index is 12.8. The van der Waals surface area contributed by atoms with E-state index in [1.54, 1.807) is 0 Å². The number of urea groups is 1. The first-order chi connectivity index (χ1) is 9.38. The van der Waals surface area contributed by atoms with Crippen molar-refractivity contribution >= 4 is 23.6 Å². The average Bonchev–Trinajstić information content (AvgIpc) is 2.33. The van der Waals surface area contributed by atoms with Crippen molar-refractivity contribution in [3.8, 4) is 0 Å². The lowest BCUT2D eigenvalue weighted by Gasteiger charge is -2.07. The Kier molecular flexibility index (Phi) is 5.54. The Bertz CT molecular complexity index is 536. The summed E-state index contributed by atoms with van der Waals surface area (Å²) in [6.07, 6.45) is 0. The molecule has 0 aliphatic carbocycles. The number of halogens is 2. The van der Waals surface area contributed by atoms with E-state index in [0.29, 0.717) is 0 Å². The van der Waals surface area contributed by atoms with Crippen molar-refractivity contribution in [3.05, 3.63) is 29.8 Å². The highest BCUT2D eigenvalue weighted by molar-refractivity contribution is 6.01. The van der Waals surface area contributed by atoms with Crippen LogP contribution in [0.1, 0.15) is 0 Å². The fourth-order valence-corrected chi connectivity index (χ4v) is 1.13. The van der Waals surface area contributed by atoms with Crippen LogP contribution in [0, 0.1) is 11.6 Å². The molecule has 7 nitrogen and oxygen atoms in total. The second-order valence-electron chi connectivity index (χ2n) is 3.52. The lowest BCUT2D eigenvalue weighted by Crippen LogP contribution is -2.37. The minimum atomic E-state index is -1.26. The van der Waals surface area contributed by atoms with Gasteiger partial charge in [0.15, 0.2) is 11.6 Å². The molecular formula is C11H10F2N2O5. The molecule has 0 spiro atoms. The molecule has 0 saturated carbocycles. The van der Waals surface area contributed by atoms with Gasteiger partial charge in [-0.05, 0) is 12.1 Å². The molecule has 1 aromatic carbocycles. The van der Waals surface area contributed by atoms with Gasteiger partial charge in [0.2, 0.25) is 0 Å². The van der Waals surface area contributed by atoms with E-state index in [4.69, 9.17) is 5.11 Å². The first-order valence-electron chi connectivity index (χ1n) is 5.24. The minimum absolute atomic E-state index is 0.0549. The summed E-state index contributed by atoms with van der Waals surface area (Å²) < 4.78 is 29.9. The fraction of sp³-hybridized carbons (Fsp3) is 0.182. The number of aliphatic carboxylic acids is 1. The Morgan fingerprint density at radius 1 is 1.15 bits per heavy atom. The normalized spacial score (nSPS) is 9.90. The van der Waals surface area contributed by atoms with Gasteiger partial charge in [-0.25, -0.2) is 18.4 Å². The quantitative estimate of drug-likeness (QED) is 0.740. The topological polar surface area (TPSA) is 105 Å². The van der Waals surface area contributed by atoms with Crippen LogP contribution in [0.2, 0.25) is 0 Å². The van der Waals surface area contributed by atoms with Gasteiger partial charge in [-0.1, -0.05) is 0 Å². The maximum Gasteiger partial charge on any atom is 0.329 e. The van der Waals surface area contributed by atoms with E-state index in [1.807, 2.05) is 5.32 Å². The molecule has 1 aromatic rings. The number of carbonyl (C=O) groups excluding carboxylic acids is 2. The predicted molar refractivity (Wildman–Crippen MR) is 62.0 cm³/mol. The number of carboxylic acid groups (broad SMARTS) is 1. The number of hydrogen-bond donors (Lipinski definition) is 3. The zero-order valence-electron chi connectivity index (χ0n) is 9.98. The molecule has 20 heavy (non-hydrogen) atoms. The van der Waals surface area contributed by atoms with Gasteiger partial charge in [0.25, 0.3) is 5.91 Å². The zero-order chi connectivity index (χ0) is 15.1. The highest BCUT2D eigenvalue weighted by Gasteiger charge is 2.10. The predicted octanol–water partition coefficient (Wildman–Crippen LogP) is 0.714. The zero-order valence-corrected chi connectivity index (χ0v) is 9.98. The number of hydrogen-bond acceptors (Lipinski definition) is 4. The standard InChI is InChI=1S/C11H10F2N2O5/c12-7-2-1-6(3-8(7)13)14-11(19)15-9(16)4-20-5-10(17)18/h1-3H,4-5H2,(H,17,18)(H2,14,15,16,19). The summed E-state index contributed by atoms with van der Waals surface area (Å²) in [5.41, 5.74) is -0.0549. The summed E-state index contributed by atoms with van der Waals surface area (Å²) in [6, 6.07) is 1.66. The molecule has 0 saturated heterocycles. The molecule has 108 valence electrons. The molecule has 0 bridgehead atoms. The SMILES string of the molecule is O=C(O)COCC(=O)NC(=O)Nc1ccc(F)c(F)c1. The molecule has 1 rings (SSSR count). The average molecular weight is 288 g/mol. The summed E-state index contributed by atoms with van der Waals surface area (Å²) in [6.45, 7) is -1.31. The summed E-state index contributed by atoms with van der Waals surface area (Å²) in [5.74, 6) is -4.37. The minimum Gasteiger partial charge on any atom is -0.480 e. The lowest BCUT2D eigenvalue weighted by atomic mass is 10.3. The van der Waals surface area contributed by atoms with E-state index < -0.39 is 42.8 Å². The summed E-state index contributed by atoms with van der Waals surface area (Å²) in [7, 11) is 0. The first kappa shape index (κ1) is 15.5. The van der Waals surface area contributed by atoms with E-state index in [2.05, 4.69) is 10.1 Å². The van der Waals surface area contributed by atoms with Crippen molar-refractivity contribution < 1.29 is 33.0 Å². The number of rotatable bonds is 5. The highest BCUT2D eigenvalue weighted by Crippen LogP contribution is 2.12. The lowest BCUT2D eigenvalue weighted by molar-refractivity contribution is -0.143. The molecule has 0 fully saturated rings. The number of benzene rings is 1. The Balaban J connectivity index is 2.41. The third-order valence-corrected chi connectivity index (χ3v) is 1.89. The van der Waals surface area contributed by atoms with E-state index in [9.17, 15) is 23.2 Å². The van der Waals surface area contributed by atoms with Gasteiger partial charge in [0.1, 0.15) is 13.2 Å². The van der Waals surface area contributed by atoms with E-state index >= 15 is 0 Å². The van der Waals surface area contributed by atoms with E-state index in [0.717, 1.165) is 18.2 Å². The van der Waals surface area contributed by atoms with Gasteiger partial charge in [0, 0.05) is 11.8 Å². The molecule has 0 aliphatic rings. The van der Waals surface area contributed by atoms with Gasteiger partial charge in [-0.3, -0.25) is 10.1 Å². The number of anilines is 1. The number of nitrogens with one attached hydrogen (secondary N) is 2. The number of carboxylic acids is 1. The van der Waals surface area contributed by atoms with Gasteiger partial charge >= 0.3 is 12.0 Å².